The van der Waals surface area contributed by atoms with Gasteiger partial charge in [-0.3, -0.25) is 4.79 Å². The van der Waals surface area contributed by atoms with Crippen molar-refractivity contribution in [3.05, 3.63) is 101 Å². The van der Waals surface area contributed by atoms with E-state index in [-0.39, 0.29) is 23.6 Å². The lowest BCUT2D eigenvalue weighted by molar-refractivity contribution is 0.103. The first-order chi connectivity index (χ1) is 18.4. The number of aromatic nitrogens is 2. The largest absolute Gasteiger partial charge is 0.507 e. The minimum atomic E-state index is -0.313. The average Bonchev–Trinajstić information content (AvgIpc) is 3.51. The third kappa shape index (κ3) is 4.90. The Kier molecular flexibility index (Phi) is 6.17. The Labute approximate surface area is 223 Å². The van der Waals surface area contributed by atoms with Gasteiger partial charge in [-0.05, 0) is 67.1 Å². The smallest absolute Gasteiger partial charge is 0.342 e. The zero-order valence-corrected chi connectivity index (χ0v) is 21.6. The molecule has 3 N–H and O–H groups in total. The average molecular weight is 523 g/mol. The number of hydrogen-bond donors (Lipinski definition) is 3. The van der Waals surface area contributed by atoms with Crippen LogP contribution in [-0.2, 0) is 6.54 Å². The van der Waals surface area contributed by atoms with Crippen LogP contribution in [0.25, 0.3) is 21.3 Å². The van der Waals surface area contributed by atoms with Gasteiger partial charge in [-0.1, -0.05) is 48.0 Å². The summed E-state index contributed by atoms with van der Waals surface area (Å²) < 4.78 is 2.45. The quantitative estimate of drug-likeness (QED) is 0.217. The normalized spacial score (nSPS) is 13.0. The number of rotatable bonds is 6. The molecule has 2 aromatic heterocycles. The minimum Gasteiger partial charge on any atom is -0.507 e. The van der Waals surface area contributed by atoms with E-state index < -0.39 is 0 Å². The van der Waals surface area contributed by atoms with Crippen molar-refractivity contribution in [2.24, 2.45) is 0 Å². The van der Waals surface area contributed by atoms with E-state index in [2.05, 4.69) is 15.7 Å². The lowest BCUT2D eigenvalue weighted by Gasteiger charge is -2.08. The molecule has 5 aromatic rings. The van der Waals surface area contributed by atoms with Gasteiger partial charge in [0, 0.05) is 28.4 Å². The number of aromatic hydroxyl groups is 1. The molecule has 190 valence electrons. The van der Waals surface area contributed by atoms with Crippen LogP contribution in [-0.4, -0.2) is 26.8 Å². The van der Waals surface area contributed by atoms with E-state index in [1.165, 1.54) is 22.1 Å². The molecule has 38 heavy (non-hydrogen) atoms. The fourth-order valence-corrected chi connectivity index (χ4v) is 5.38. The van der Waals surface area contributed by atoms with Crippen LogP contribution in [0.4, 0.5) is 10.5 Å². The van der Waals surface area contributed by atoms with Crippen LogP contribution in [0.1, 0.15) is 45.3 Å². The summed E-state index contributed by atoms with van der Waals surface area (Å²) in [5, 5.41) is 22.1. The first-order valence-electron chi connectivity index (χ1n) is 12.5. The number of fused-ring (bicyclic) bond motifs is 1. The lowest BCUT2D eigenvalue weighted by Crippen LogP contribution is -2.30. The summed E-state index contributed by atoms with van der Waals surface area (Å²) in [6.07, 6.45) is 1.99. The third-order valence-electron chi connectivity index (χ3n) is 6.67. The van der Waals surface area contributed by atoms with Gasteiger partial charge in [-0.15, -0.1) is 11.3 Å². The van der Waals surface area contributed by atoms with Crippen molar-refractivity contribution in [3.63, 3.8) is 0 Å². The molecule has 0 radical (unpaired) electrons. The van der Waals surface area contributed by atoms with Crippen molar-refractivity contribution in [2.75, 3.05) is 5.32 Å². The highest BCUT2D eigenvalue weighted by Crippen LogP contribution is 2.42. The summed E-state index contributed by atoms with van der Waals surface area (Å²) in [5.74, 6) is 0.0683. The van der Waals surface area contributed by atoms with Crippen LogP contribution in [0.3, 0.4) is 0 Å². The van der Waals surface area contributed by atoms with E-state index >= 15 is 0 Å². The monoisotopic (exact) mass is 522 g/mol. The number of benzene rings is 3. The van der Waals surface area contributed by atoms with Gasteiger partial charge in [0.2, 0.25) is 0 Å². The highest BCUT2D eigenvalue weighted by Gasteiger charge is 2.31. The first-order valence-corrected chi connectivity index (χ1v) is 13.3. The second-order valence-electron chi connectivity index (χ2n) is 9.62. The minimum absolute atomic E-state index is 0.0249. The van der Waals surface area contributed by atoms with Crippen LogP contribution >= 0.6 is 11.3 Å². The van der Waals surface area contributed by atoms with Crippen LogP contribution < -0.4 is 10.6 Å². The van der Waals surface area contributed by atoms with Crippen molar-refractivity contribution in [2.45, 2.75) is 32.2 Å². The van der Waals surface area contributed by atoms with E-state index in [4.69, 9.17) is 0 Å². The molecule has 0 aliphatic heterocycles. The summed E-state index contributed by atoms with van der Waals surface area (Å²) in [6, 6.07) is 24.1. The molecule has 7 nitrogen and oxygen atoms in total. The molecule has 8 heteroatoms. The topological polar surface area (TPSA) is 96.3 Å². The Bertz CT molecular complexity index is 1630. The van der Waals surface area contributed by atoms with Gasteiger partial charge in [0.05, 0.1) is 16.3 Å². The first kappa shape index (κ1) is 23.9. The third-order valence-corrected chi connectivity index (χ3v) is 7.78. The fraction of sp³-hybridized carbons (Fsp3) is 0.167. The second kappa shape index (κ2) is 9.79. The molecule has 3 aromatic carbocycles. The number of hydrogen-bond acceptors (Lipinski definition) is 5. The van der Waals surface area contributed by atoms with Gasteiger partial charge in [0.15, 0.2) is 0 Å². The number of amides is 2. The molecule has 0 spiro atoms. The maximum atomic E-state index is 13.1. The van der Waals surface area contributed by atoms with Gasteiger partial charge in [0.1, 0.15) is 5.75 Å². The zero-order chi connectivity index (χ0) is 26.2. The predicted octanol–water partition coefficient (Wildman–Crippen LogP) is 6.67. The maximum Gasteiger partial charge on any atom is 0.342 e. The SMILES string of the molecule is Cc1ccc(CNC(=O)n2nc(-c3cc(NC(=O)c4cc5ccccc5s4)ccc3O)cc2C2CC2)cc1. The second-order valence-corrected chi connectivity index (χ2v) is 10.7. The molecule has 1 fully saturated rings. The number of phenolic OH excluding ortho intramolecular Hbond substituents is 1. The molecule has 1 aliphatic rings. The molecule has 6 rings (SSSR count). The fourth-order valence-electron chi connectivity index (χ4n) is 4.42. The van der Waals surface area contributed by atoms with E-state index in [0.717, 1.165) is 39.7 Å². The van der Waals surface area contributed by atoms with E-state index in [9.17, 15) is 14.7 Å². The standard InChI is InChI=1S/C30H26N4O3S/c1-18-6-8-19(9-7-18)17-31-30(37)34-25(20-10-11-20)16-24(33-34)23-15-22(12-13-26(23)35)32-29(36)28-14-21-4-2-3-5-27(21)38-28/h2-9,12-16,20,35H,10-11,17H2,1H3,(H,31,37)(H,32,36). The predicted molar refractivity (Wildman–Crippen MR) is 150 cm³/mol. The molecule has 1 saturated carbocycles. The van der Waals surface area contributed by atoms with Gasteiger partial charge in [-0.2, -0.15) is 9.78 Å². The van der Waals surface area contributed by atoms with E-state index in [0.29, 0.717) is 28.4 Å². The summed E-state index contributed by atoms with van der Waals surface area (Å²) in [4.78, 5) is 26.6. The molecule has 0 saturated heterocycles. The number of nitrogens with one attached hydrogen (secondary N) is 2. The summed E-state index contributed by atoms with van der Waals surface area (Å²) in [7, 11) is 0. The van der Waals surface area contributed by atoms with Crippen LogP contribution in [0.15, 0.2) is 78.9 Å². The number of thiophene rings is 1. The Balaban J connectivity index is 1.24. The highest BCUT2D eigenvalue weighted by molar-refractivity contribution is 7.20. The van der Waals surface area contributed by atoms with Crippen molar-refractivity contribution in [1.82, 2.24) is 15.1 Å². The number of carbonyl (C=O) groups excluding carboxylic acids is 2. The molecular formula is C30H26N4O3S. The van der Waals surface area contributed by atoms with Gasteiger partial charge in [-0.25, -0.2) is 4.79 Å². The number of carbonyl (C=O) groups is 2. The van der Waals surface area contributed by atoms with Crippen molar-refractivity contribution >= 4 is 39.0 Å². The molecule has 0 bridgehead atoms. The maximum absolute atomic E-state index is 13.1. The summed E-state index contributed by atoms with van der Waals surface area (Å²) in [6.45, 7) is 2.42. The zero-order valence-electron chi connectivity index (χ0n) is 20.8. The Morgan fingerprint density at radius 3 is 2.58 bits per heavy atom. The molecule has 0 unspecified atom stereocenters. The van der Waals surface area contributed by atoms with Crippen molar-refractivity contribution in [3.8, 4) is 17.0 Å². The molecular weight excluding hydrogens is 496 g/mol. The lowest BCUT2D eigenvalue weighted by atomic mass is 10.1. The molecule has 1 aliphatic carbocycles. The van der Waals surface area contributed by atoms with E-state index in [1.54, 1.807) is 12.1 Å². The Morgan fingerprint density at radius 1 is 1.03 bits per heavy atom. The van der Waals surface area contributed by atoms with Gasteiger partial charge in [0.25, 0.3) is 5.91 Å². The van der Waals surface area contributed by atoms with Gasteiger partial charge < -0.3 is 15.7 Å². The number of anilines is 1. The number of nitrogens with zero attached hydrogens (tertiary/aromatic N) is 2. The number of aryl methyl sites for hydroxylation is 1. The molecule has 0 atom stereocenters. The number of phenols is 1. The van der Waals surface area contributed by atoms with Crippen molar-refractivity contribution < 1.29 is 14.7 Å². The van der Waals surface area contributed by atoms with Crippen LogP contribution in [0, 0.1) is 6.92 Å². The van der Waals surface area contributed by atoms with E-state index in [1.807, 2.05) is 67.6 Å². The molecule has 2 amide bonds. The van der Waals surface area contributed by atoms with Crippen molar-refractivity contribution in [1.29, 1.82) is 0 Å². The summed E-state index contributed by atoms with van der Waals surface area (Å²) >= 11 is 1.43. The highest BCUT2D eigenvalue weighted by atomic mass is 32.1. The Morgan fingerprint density at radius 2 is 1.82 bits per heavy atom. The van der Waals surface area contributed by atoms with Crippen LogP contribution in [0.5, 0.6) is 5.75 Å². The Hall–Kier alpha value is -4.43. The van der Waals surface area contributed by atoms with Gasteiger partial charge >= 0.3 is 6.03 Å². The molecule has 2 heterocycles. The van der Waals surface area contributed by atoms with Crippen LogP contribution in [0.2, 0.25) is 0 Å². The summed E-state index contributed by atoms with van der Waals surface area (Å²) in [5.41, 5.74) is 4.45.